The third-order valence-corrected chi connectivity index (χ3v) is 4.67. The lowest BCUT2D eigenvalue weighted by atomic mass is 10.0. The van der Waals surface area contributed by atoms with Crippen molar-refractivity contribution in [2.24, 2.45) is 0 Å². The summed E-state index contributed by atoms with van der Waals surface area (Å²) in [4.78, 5) is 12.8. The van der Waals surface area contributed by atoms with E-state index in [1.165, 1.54) is 0 Å². The monoisotopic (exact) mass is 452 g/mol. The minimum atomic E-state index is -0.415. The fourth-order valence-electron chi connectivity index (χ4n) is 2.72. The fraction of sp³-hybridized carbons (Fsp3) is 0.125. The van der Waals surface area contributed by atoms with Crippen LogP contribution in [-0.4, -0.2) is 26.3 Å². The summed E-state index contributed by atoms with van der Waals surface area (Å²) in [6.45, 7) is 0.412. The number of benzene rings is 3. The molecule has 0 radical (unpaired) electrons. The normalized spacial score (nSPS) is 11.0. The van der Waals surface area contributed by atoms with E-state index in [0.717, 1.165) is 21.3 Å². The van der Waals surface area contributed by atoms with Crippen molar-refractivity contribution in [1.29, 1.82) is 0 Å². The van der Waals surface area contributed by atoms with Crippen LogP contribution in [0.3, 0.4) is 0 Å². The Bertz CT molecular complexity index is 966. The zero-order chi connectivity index (χ0) is 20.5. The minimum absolute atomic E-state index is 0.144. The SMILES string of the molecule is COc1ccccc1/C=C(/C(=O)OCCOc1ccc(Br)cc1)c1ccccc1. The molecule has 0 saturated carbocycles. The standard InChI is InChI=1S/C24H21BrO4/c1-27-23-10-6-5-9-19(23)17-22(18-7-3-2-4-8-18)24(26)29-16-15-28-21-13-11-20(25)12-14-21/h2-14,17H,15-16H2,1H3/b22-17+. The first kappa shape index (κ1) is 20.7. The third kappa shape index (κ3) is 5.96. The molecule has 5 heteroatoms. The number of para-hydroxylation sites is 1. The van der Waals surface area contributed by atoms with Crippen LogP contribution in [0.5, 0.6) is 11.5 Å². The Balaban J connectivity index is 1.71. The summed E-state index contributed by atoms with van der Waals surface area (Å²) in [6, 6.07) is 24.4. The quantitative estimate of drug-likeness (QED) is 0.192. The zero-order valence-electron chi connectivity index (χ0n) is 16.0. The van der Waals surface area contributed by atoms with Gasteiger partial charge in [-0.25, -0.2) is 4.79 Å². The van der Waals surface area contributed by atoms with Crippen LogP contribution in [0, 0.1) is 0 Å². The molecule has 0 heterocycles. The average Bonchev–Trinajstić information content (AvgIpc) is 2.77. The summed E-state index contributed by atoms with van der Waals surface area (Å²) in [7, 11) is 1.60. The van der Waals surface area contributed by atoms with Crippen LogP contribution in [0.25, 0.3) is 11.6 Å². The van der Waals surface area contributed by atoms with Crippen molar-refractivity contribution < 1.29 is 19.0 Å². The van der Waals surface area contributed by atoms with Gasteiger partial charge in [0.05, 0.1) is 12.7 Å². The molecule has 0 aliphatic heterocycles. The van der Waals surface area contributed by atoms with E-state index in [9.17, 15) is 4.79 Å². The van der Waals surface area contributed by atoms with Crippen LogP contribution < -0.4 is 9.47 Å². The number of rotatable bonds is 8. The first-order chi connectivity index (χ1) is 14.2. The Morgan fingerprint density at radius 2 is 1.59 bits per heavy atom. The molecule has 0 amide bonds. The topological polar surface area (TPSA) is 44.8 Å². The fourth-order valence-corrected chi connectivity index (χ4v) is 2.99. The molecule has 3 aromatic rings. The molecule has 0 aliphatic rings. The van der Waals surface area contributed by atoms with Crippen LogP contribution in [0.2, 0.25) is 0 Å². The molecule has 4 nitrogen and oxygen atoms in total. The van der Waals surface area contributed by atoms with Crippen molar-refractivity contribution >= 4 is 33.5 Å². The predicted octanol–water partition coefficient (Wildman–Crippen LogP) is 5.62. The lowest BCUT2D eigenvalue weighted by Gasteiger charge is -2.11. The lowest BCUT2D eigenvalue weighted by Crippen LogP contribution is -2.13. The van der Waals surface area contributed by atoms with Crippen LogP contribution >= 0.6 is 15.9 Å². The number of hydrogen-bond donors (Lipinski definition) is 0. The van der Waals surface area contributed by atoms with E-state index in [4.69, 9.17) is 14.2 Å². The molecule has 0 fully saturated rings. The van der Waals surface area contributed by atoms with Crippen LogP contribution in [0.4, 0.5) is 0 Å². The maximum atomic E-state index is 12.8. The van der Waals surface area contributed by atoms with Gasteiger partial charge in [-0.05, 0) is 42.0 Å². The second-order valence-corrected chi connectivity index (χ2v) is 7.02. The highest BCUT2D eigenvalue weighted by atomic mass is 79.9. The van der Waals surface area contributed by atoms with E-state index >= 15 is 0 Å². The van der Waals surface area contributed by atoms with Crippen molar-refractivity contribution in [1.82, 2.24) is 0 Å². The predicted molar refractivity (Wildman–Crippen MR) is 118 cm³/mol. The molecule has 0 atom stereocenters. The van der Waals surface area contributed by atoms with Crippen molar-refractivity contribution in [2.75, 3.05) is 20.3 Å². The van der Waals surface area contributed by atoms with E-state index in [2.05, 4.69) is 15.9 Å². The second-order valence-electron chi connectivity index (χ2n) is 6.10. The molecule has 148 valence electrons. The van der Waals surface area contributed by atoms with Gasteiger partial charge in [0, 0.05) is 10.0 Å². The Labute approximate surface area is 178 Å². The molecule has 0 spiro atoms. The summed E-state index contributed by atoms with van der Waals surface area (Å²) in [6.07, 6.45) is 1.78. The highest BCUT2D eigenvalue weighted by Crippen LogP contribution is 2.25. The summed E-state index contributed by atoms with van der Waals surface area (Å²) in [5.41, 5.74) is 2.04. The molecule has 29 heavy (non-hydrogen) atoms. The van der Waals surface area contributed by atoms with Crippen molar-refractivity contribution in [3.05, 3.63) is 94.5 Å². The van der Waals surface area contributed by atoms with Crippen molar-refractivity contribution in [2.45, 2.75) is 0 Å². The van der Waals surface area contributed by atoms with Gasteiger partial charge in [0.1, 0.15) is 24.7 Å². The van der Waals surface area contributed by atoms with E-state index in [1.54, 1.807) is 13.2 Å². The smallest absolute Gasteiger partial charge is 0.338 e. The number of carbonyl (C=O) groups excluding carboxylic acids is 1. The van der Waals surface area contributed by atoms with Crippen LogP contribution in [-0.2, 0) is 9.53 Å². The molecule has 0 bridgehead atoms. The molecule has 3 aromatic carbocycles. The first-order valence-corrected chi connectivity index (χ1v) is 9.92. The molecular formula is C24H21BrO4. The third-order valence-electron chi connectivity index (χ3n) is 4.14. The van der Waals surface area contributed by atoms with Gasteiger partial charge in [-0.2, -0.15) is 0 Å². The molecule has 0 aliphatic carbocycles. The molecule has 0 saturated heterocycles. The Hall–Kier alpha value is -3.05. The summed E-state index contributed by atoms with van der Waals surface area (Å²) in [5.74, 6) is 0.992. The Morgan fingerprint density at radius 3 is 2.31 bits per heavy atom. The molecule has 3 rings (SSSR count). The second kappa shape index (κ2) is 10.5. The summed E-state index contributed by atoms with van der Waals surface area (Å²) in [5, 5.41) is 0. The molecule has 0 N–H and O–H groups in total. The molecule has 0 unspecified atom stereocenters. The van der Waals surface area contributed by atoms with Crippen molar-refractivity contribution in [3.63, 3.8) is 0 Å². The first-order valence-electron chi connectivity index (χ1n) is 9.13. The minimum Gasteiger partial charge on any atom is -0.496 e. The van der Waals surface area contributed by atoms with E-state index in [-0.39, 0.29) is 13.2 Å². The van der Waals surface area contributed by atoms with Gasteiger partial charge < -0.3 is 14.2 Å². The number of ether oxygens (including phenoxy) is 3. The van der Waals surface area contributed by atoms with Crippen LogP contribution in [0.15, 0.2) is 83.3 Å². The Morgan fingerprint density at radius 1 is 0.897 bits per heavy atom. The van der Waals surface area contributed by atoms with Gasteiger partial charge in [0.25, 0.3) is 0 Å². The largest absolute Gasteiger partial charge is 0.496 e. The van der Waals surface area contributed by atoms with Crippen molar-refractivity contribution in [3.8, 4) is 11.5 Å². The highest BCUT2D eigenvalue weighted by Gasteiger charge is 2.15. The van der Waals surface area contributed by atoms with E-state index in [0.29, 0.717) is 11.3 Å². The zero-order valence-corrected chi connectivity index (χ0v) is 17.6. The summed E-state index contributed by atoms with van der Waals surface area (Å²) >= 11 is 3.38. The maximum Gasteiger partial charge on any atom is 0.338 e. The molecule has 0 aromatic heterocycles. The van der Waals surface area contributed by atoms with Crippen LogP contribution in [0.1, 0.15) is 11.1 Å². The maximum absolute atomic E-state index is 12.8. The lowest BCUT2D eigenvalue weighted by molar-refractivity contribution is -0.137. The Kier molecular flexibility index (Phi) is 7.47. The number of carbonyl (C=O) groups is 1. The van der Waals surface area contributed by atoms with Gasteiger partial charge in [0.15, 0.2) is 0 Å². The number of esters is 1. The van der Waals surface area contributed by atoms with Gasteiger partial charge in [-0.1, -0.05) is 64.5 Å². The summed E-state index contributed by atoms with van der Waals surface area (Å²) < 4.78 is 17.5. The van der Waals surface area contributed by atoms with Gasteiger partial charge in [-0.3, -0.25) is 0 Å². The average molecular weight is 453 g/mol. The highest BCUT2D eigenvalue weighted by molar-refractivity contribution is 9.10. The van der Waals surface area contributed by atoms with Gasteiger partial charge in [-0.15, -0.1) is 0 Å². The number of hydrogen-bond acceptors (Lipinski definition) is 4. The van der Waals surface area contributed by atoms with Gasteiger partial charge in [0.2, 0.25) is 0 Å². The van der Waals surface area contributed by atoms with E-state index < -0.39 is 5.97 Å². The van der Waals surface area contributed by atoms with E-state index in [1.807, 2.05) is 78.9 Å². The molecular weight excluding hydrogens is 432 g/mol. The van der Waals surface area contributed by atoms with Gasteiger partial charge >= 0.3 is 5.97 Å². The number of halogens is 1. The number of methoxy groups -OCH3 is 1.